The van der Waals surface area contributed by atoms with Crippen LogP contribution in [0.3, 0.4) is 0 Å². The molecule has 4 nitrogen and oxygen atoms in total. The Balaban J connectivity index is 0.00000112. The Kier molecular flexibility index (Phi) is 3.87. The van der Waals surface area contributed by atoms with Gasteiger partial charge in [0.25, 0.3) is 0 Å². The van der Waals surface area contributed by atoms with E-state index >= 15 is 0 Å². The molecule has 80 valence electrons. The van der Waals surface area contributed by atoms with Crippen LogP contribution < -0.4 is 10.6 Å². The fourth-order valence-corrected chi connectivity index (χ4v) is 1.60. The Morgan fingerprint density at radius 3 is 2.93 bits per heavy atom. The first-order valence-electron chi connectivity index (χ1n) is 3.99. The lowest BCUT2D eigenvalue weighted by atomic mass is 10.2. The molecular formula is C9H8Br2N2O2. The summed E-state index contributed by atoms with van der Waals surface area (Å²) >= 11 is 3.26. The van der Waals surface area contributed by atoms with E-state index in [-0.39, 0.29) is 22.5 Å². The maximum atomic E-state index is 10.7. The lowest BCUT2D eigenvalue weighted by molar-refractivity contribution is 0.0697. The highest BCUT2D eigenvalue weighted by atomic mass is 79.9. The third-order valence-corrected chi connectivity index (χ3v) is 2.36. The SMILES string of the molecule is Br.O=C(O)c1ccc2c(c1)=CN(Br)CN=2. The zero-order valence-corrected chi connectivity index (χ0v) is 10.9. The molecule has 1 aliphatic heterocycles. The molecule has 1 aliphatic rings. The molecule has 0 aromatic heterocycles. The number of carboxylic acids is 1. The van der Waals surface area contributed by atoms with Crippen molar-refractivity contribution < 1.29 is 9.90 Å². The van der Waals surface area contributed by atoms with Gasteiger partial charge in [0.2, 0.25) is 0 Å². The quantitative estimate of drug-likeness (QED) is 0.776. The van der Waals surface area contributed by atoms with Crippen LogP contribution in [-0.4, -0.2) is 21.7 Å². The minimum Gasteiger partial charge on any atom is -0.478 e. The van der Waals surface area contributed by atoms with Gasteiger partial charge in [-0.05, 0) is 18.2 Å². The van der Waals surface area contributed by atoms with Crippen LogP contribution in [0.4, 0.5) is 0 Å². The molecule has 0 atom stereocenters. The molecule has 0 radical (unpaired) electrons. The lowest BCUT2D eigenvalue weighted by Crippen LogP contribution is -2.33. The topological polar surface area (TPSA) is 52.9 Å². The number of rotatable bonds is 1. The third-order valence-electron chi connectivity index (χ3n) is 1.93. The summed E-state index contributed by atoms with van der Waals surface area (Å²) in [5.74, 6) is -0.923. The summed E-state index contributed by atoms with van der Waals surface area (Å²) in [5, 5.41) is 10.4. The zero-order valence-electron chi connectivity index (χ0n) is 7.55. The molecule has 0 unspecified atom stereocenters. The van der Waals surface area contributed by atoms with E-state index < -0.39 is 5.97 Å². The van der Waals surface area contributed by atoms with Crippen molar-refractivity contribution in [3.05, 3.63) is 34.3 Å². The normalized spacial score (nSPS) is 13.0. The maximum Gasteiger partial charge on any atom is 0.335 e. The average Bonchev–Trinajstić information content (AvgIpc) is 2.16. The lowest BCUT2D eigenvalue weighted by Gasteiger charge is -2.11. The number of hydrogen-bond donors (Lipinski definition) is 1. The molecule has 15 heavy (non-hydrogen) atoms. The summed E-state index contributed by atoms with van der Waals surface area (Å²) in [4.78, 5) is 14.9. The van der Waals surface area contributed by atoms with Crippen molar-refractivity contribution in [2.45, 2.75) is 0 Å². The summed E-state index contributed by atoms with van der Waals surface area (Å²) in [7, 11) is 0. The van der Waals surface area contributed by atoms with Crippen LogP contribution in [0.5, 0.6) is 0 Å². The molecule has 0 amide bonds. The molecule has 1 N–H and O–H groups in total. The van der Waals surface area contributed by atoms with Crippen molar-refractivity contribution in [2.75, 3.05) is 6.67 Å². The Hall–Kier alpha value is -0.880. The van der Waals surface area contributed by atoms with E-state index in [2.05, 4.69) is 21.1 Å². The van der Waals surface area contributed by atoms with Crippen LogP contribution in [0.15, 0.2) is 23.2 Å². The van der Waals surface area contributed by atoms with Crippen molar-refractivity contribution in [1.82, 2.24) is 3.93 Å². The van der Waals surface area contributed by atoms with Crippen molar-refractivity contribution in [2.24, 2.45) is 4.99 Å². The first-order chi connectivity index (χ1) is 6.66. The highest BCUT2D eigenvalue weighted by Crippen LogP contribution is 2.00. The highest BCUT2D eigenvalue weighted by Gasteiger charge is 2.04. The van der Waals surface area contributed by atoms with Gasteiger partial charge in [0, 0.05) is 11.4 Å². The highest BCUT2D eigenvalue weighted by molar-refractivity contribution is 9.07. The molecule has 0 fully saturated rings. The fourth-order valence-electron chi connectivity index (χ4n) is 1.27. The van der Waals surface area contributed by atoms with Crippen LogP contribution in [0.2, 0.25) is 0 Å². The minimum absolute atomic E-state index is 0. The average molecular weight is 336 g/mol. The van der Waals surface area contributed by atoms with Gasteiger partial charge >= 0.3 is 5.97 Å². The molecule has 0 saturated carbocycles. The second kappa shape index (κ2) is 4.76. The number of carboxylic acid groups (broad SMARTS) is 1. The Labute approximate surface area is 105 Å². The molecule has 0 spiro atoms. The fraction of sp³-hybridized carbons (Fsp3) is 0.111. The summed E-state index contributed by atoms with van der Waals surface area (Å²) in [6.45, 7) is 0.541. The summed E-state index contributed by atoms with van der Waals surface area (Å²) in [6.07, 6.45) is 1.81. The van der Waals surface area contributed by atoms with Crippen LogP contribution >= 0.6 is 33.1 Å². The van der Waals surface area contributed by atoms with Crippen LogP contribution in [0, 0.1) is 0 Å². The van der Waals surface area contributed by atoms with Gasteiger partial charge in [-0.25, -0.2) is 4.79 Å². The van der Waals surface area contributed by atoms with Crippen molar-refractivity contribution >= 4 is 45.3 Å². The van der Waals surface area contributed by atoms with Crippen molar-refractivity contribution in [1.29, 1.82) is 0 Å². The standard InChI is InChI=1S/C9H7BrN2O2.BrH/c10-12-4-7-3-6(9(13)14)1-2-8(7)11-5-12;/h1-4H,5H2,(H,13,14);1H. The minimum atomic E-state index is -0.923. The first-order valence-corrected chi connectivity index (χ1v) is 4.70. The summed E-state index contributed by atoms with van der Waals surface area (Å²) in [6, 6.07) is 4.88. The molecule has 6 heteroatoms. The van der Waals surface area contributed by atoms with Gasteiger partial charge in [0.05, 0.1) is 27.1 Å². The van der Waals surface area contributed by atoms with E-state index in [1.165, 1.54) is 0 Å². The van der Waals surface area contributed by atoms with Gasteiger partial charge in [-0.1, -0.05) is 0 Å². The molecule has 0 aliphatic carbocycles. The van der Waals surface area contributed by atoms with Gasteiger partial charge in [0.1, 0.15) is 6.67 Å². The Morgan fingerprint density at radius 1 is 1.53 bits per heavy atom. The maximum absolute atomic E-state index is 10.7. The number of hydrogen-bond acceptors (Lipinski definition) is 3. The third kappa shape index (κ3) is 2.57. The Morgan fingerprint density at radius 2 is 2.27 bits per heavy atom. The van der Waals surface area contributed by atoms with Crippen LogP contribution in [0.25, 0.3) is 6.20 Å². The van der Waals surface area contributed by atoms with Crippen molar-refractivity contribution in [3.63, 3.8) is 0 Å². The number of fused-ring (bicyclic) bond motifs is 1. The van der Waals surface area contributed by atoms with Crippen LogP contribution in [-0.2, 0) is 0 Å². The smallest absolute Gasteiger partial charge is 0.335 e. The molecule has 2 rings (SSSR count). The van der Waals surface area contributed by atoms with E-state index in [1.54, 1.807) is 22.1 Å². The molecular weight excluding hydrogens is 328 g/mol. The number of nitrogens with zero attached hydrogens (tertiary/aromatic N) is 2. The number of halogens is 2. The largest absolute Gasteiger partial charge is 0.478 e. The Bertz CT molecular complexity index is 501. The summed E-state index contributed by atoms with van der Waals surface area (Å²) in [5.41, 5.74) is 0.276. The van der Waals surface area contributed by atoms with E-state index in [0.29, 0.717) is 6.67 Å². The van der Waals surface area contributed by atoms with E-state index in [9.17, 15) is 4.79 Å². The molecule has 1 aromatic carbocycles. The number of benzene rings is 1. The van der Waals surface area contributed by atoms with E-state index in [1.807, 2.05) is 6.20 Å². The predicted octanol–water partition coefficient (Wildman–Crippen LogP) is 0.903. The predicted molar refractivity (Wildman–Crippen MR) is 64.6 cm³/mol. The van der Waals surface area contributed by atoms with Gasteiger partial charge < -0.3 is 5.11 Å². The molecule has 0 saturated heterocycles. The van der Waals surface area contributed by atoms with Gasteiger partial charge in [-0.3, -0.25) is 8.92 Å². The van der Waals surface area contributed by atoms with Crippen molar-refractivity contribution in [3.8, 4) is 0 Å². The second-order valence-electron chi connectivity index (χ2n) is 2.91. The molecule has 1 heterocycles. The number of carbonyl (C=O) groups is 1. The zero-order chi connectivity index (χ0) is 10.1. The number of aromatic carboxylic acids is 1. The molecule has 1 aromatic rings. The summed E-state index contributed by atoms with van der Waals surface area (Å²) < 4.78 is 1.72. The van der Waals surface area contributed by atoms with Gasteiger partial charge in [-0.2, -0.15) is 0 Å². The monoisotopic (exact) mass is 334 g/mol. The van der Waals surface area contributed by atoms with E-state index in [0.717, 1.165) is 10.6 Å². The molecule has 0 bridgehead atoms. The second-order valence-corrected chi connectivity index (χ2v) is 3.82. The van der Waals surface area contributed by atoms with Gasteiger partial charge in [0.15, 0.2) is 0 Å². The van der Waals surface area contributed by atoms with Gasteiger partial charge in [-0.15, -0.1) is 17.0 Å². The first kappa shape index (κ1) is 12.2. The van der Waals surface area contributed by atoms with E-state index in [4.69, 9.17) is 5.11 Å². The van der Waals surface area contributed by atoms with Crippen LogP contribution in [0.1, 0.15) is 10.4 Å².